The minimum Gasteiger partial charge on any atom is -0.495 e. The lowest BCUT2D eigenvalue weighted by Gasteiger charge is -2.26. The summed E-state index contributed by atoms with van der Waals surface area (Å²) in [6.45, 7) is 4.63. The predicted octanol–water partition coefficient (Wildman–Crippen LogP) is 3.48. The molecule has 2 aromatic rings. The van der Waals surface area contributed by atoms with Gasteiger partial charge in [0.15, 0.2) is 11.5 Å². The molecule has 0 fully saturated rings. The minimum atomic E-state index is -0.264. The predicted molar refractivity (Wildman–Crippen MR) is 95.8 cm³/mol. The maximum atomic E-state index is 12.4. The van der Waals surface area contributed by atoms with Crippen molar-refractivity contribution in [1.82, 2.24) is 5.32 Å². The van der Waals surface area contributed by atoms with Crippen LogP contribution in [0.2, 0.25) is 0 Å². The number of carbonyl (C=O) groups excluding carboxylic acids is 1. The molecule has 1 aromatic carbocycles. The maximum Gasteiger partial charge on any atom is 0.265 e. The van der Waals surface area contributed by atoms with Gasteiger partial charge in [-0.1, -0.05) is 19.9 Å². The number of amides is 1. The minimum absolute atomic E-state index is 0.129. The van der Waals surface area contributed by atoms with Gasteiger partial charge in [-0.25, -0.2) is 0 Å². The topological polar surface area (TPSA) is 56.8 Å². The summed E-state index contributed by atoms with van der Waals surface area (Å²) in [6, 6.07) is 7.59. The lowest BCUT2D eigenvalue weighted by molar-refractivity contribution is 0.0947. The number of nitrogens with one attached hydrogen (secondary N) is 1. The first kappa shape index (κ1) is 18.1. The normalized spacial score (nSPS) is 11.0. The van der Waals surface area contributed by atoms with Gasteiger partial charge in [0, 0.05) is 12.0 Å². The summed E-state index contributed by atoms with van der Waals surface area (Å²) in [6.07, 6.45) is 0. The highest BCUT2D eigenvalue weighted by Crippen LogP contribution is 2.33. The lowest BCUT2D eigenvalue weighted by Crippen LogP contribution is -2.36. The van der Waals surface area contributed by atoms with E-state index >= 15 is 0 Å². The molecule has 0 spiro atoms. The van der Waals surface area contributed by atoms with Gasteiger partial charge >= 0.3 is 0 Å². The molecule has 1 heterocycles. The fourth-order valence-corrected chi connectivity index (χ4v) is 3.14. The first-order chi connectivity index (χ1) is 11.4. The number of hydrogen-bond acceptors (Lipinski definition) is 5. The van der Waals surface area contributed by atoms with Crippen LogP contribution in [0, 0.1) is 0 Å². The Kier molecular flexibility index (Phi) is 5.72. The molecule has 1 N–H and O–H groups in total. The van der Waals surface area contributed by atoms with Crippen LogP contribution in [0.5, 0.6) is 17.2 Å². The van der Waals surface area contributed by atoms with Crippen LogP contribution in [-0.4, -0.2) is 33.8 Å². The quantitative estimate of drug-likeness (QED) is 0.831. The van der Waals surface area contributed by atoms with Crippen LogP contribution in [0.3, 0.4) is 0 Å². The monoisotopic (exact) mass is 349 g/mol. The number of thiophene rings is 1. The second-order valence-corrected chi connectivity index (χ2v) is 6.87. The molecular formula is C18H23NO4S. The Morgan fingerprint density at radius 1 is 1.04 bits per heavy atom. The van der Waals surface area contributed by atoms with Gasteiger partial charge in [0.1, 0.15) is 10.6 Å². The average Bonchev–Trinajstić information content (AvgIpc) is 3.07. The van der Waals surface area contributed by atoms with E-state index in [0.717, 1.165) is 5.56 Å². The van der Waals surface area contributed by atoms with Crippen LogP contribution in [-0.2, 0) is 5.41 Å². The summed E-state index contributed by atoms with van der Waals surface area (Å²) in [5, 5.41) is 4.82. The van der Waals surface area contributed by atoms with Gasteiger partial charge in [-0.05, 0) is 29.1 Å². The molecule has 5 nitrogen and oxygen atoms in total. The van der Waals surface area contributed by atoms with E-state index in [0.29, 0.717) is 28.7 Å². The molecule has 2 rings (SSSR count). The summed E-state index contributed by atoms with van der Waals surface area (Å²) < 4.78 is 15.8. The first-order valence-electron chi connectivity index (χ1n) is 7.55. The van der Waals surface area contributed by atoms with E-state index < -0.39 is 0 Å². The van der Waals surface area contributed by atoms with E-state index in [-0.39, 0.29) is 11.3 Å². The van der Waals surface area contributed by atoms with Crippen molar-refractivity contribution in [3.63, 3.8) is 0 Å². The van der Waals surface area contributed by atoms with Gasteiger partial charge in [0.2, 0.25) is 0 Å². The second kappa shape index (κ2) is 7.57. The molecule has 1 aromatic heterocycles. The van der Waals surface area contributed by atoms with E-state index in [1.807, 2.05) is 23.6 Å². The van der Waals surface area contributed by atoms with E-state index in [1.54, 1.807) is 27.4 Å². The van der Waals surface area contributed by atoms with Crippen LogP contribution in [0.4, 0.5) is 0 Å². The Morgan fingerprint density at radius 2 is 1.71 bits per heavy atom. The molecule has 1 amide bonds. The smallest absolute Gasteiger partial charge is 0.265 e. The molecule has 24 heavy (non-hydrogen) atoms. The fraction of sp³-hybridized carbons (Fsp3) is 0.389. The molecule has 0 aliphatic heterocycles. The number of ether oxygens (including phenoxy) is 3. The number of hydrogen-bond donors (Lipinski definition) is 1. The average molecular weight is 349 g/mol. The Bertz CT molecular complexity index is 709. The van der Waals surface area contributed by atoms with Gasteiger partial charge in [0.25, 0.3) is 5.91 Å². The van der Waals surface area contributed by atoms with Crippen LogP contribution < -0.4 is 19.5 Å². The van der Waals surface area contributed by atoms with Gasteiger partial charge in [-0.3, -0.25) is 4.79 Å². The van der Waals surface area contributed by atoms with Crippen molar-refractivity contribution in [2.45, 2.75) is 19.3 Å². The second-order valence-electron chi connectivity index (χ2n) is 5.95. The molecular weight excluding hydrogens is 326 g/mol. The zero-order valence-electron chi connectivity index (χ0n) is 14.6. The third-order valence-electron chi connectivity index (χ3n) is 3.91. The van der Waals surface area contributed by atoms with Gasteiger partial charge < -0.3 is 19.5 Å². The van der Waals surface area contributed by atoms with Crippen molar-refractivity contribution < 1.29 is 19.0 Å². The van der Waals surface area contributed by atoms with Crippen molar-refractivity contribution in [3.8, 4) is 17.2 Å². The fourth-order valence-electron chi connectivity index (χ4n) is 2.36. The Labute approximate surface area is 146 Å². The van der Waals surface area contributed by atoms with E-state index in [4.69, 9.17) is 14.2 Å². The van der Waals surface area contributed by atoms with Crippen molar-refractivity contribution in [3.05, 3.63) is 40.1 Å². The van der Waals surface area contributed by atoms with Gasteiger partial charge in [-0.15, -0.1) is 11.3 Å². The van der Waals surface area contributed by atoms with Crippen LogP contribution >= 0.6 is 11.3 Å². The summed E-state index contributed by atoms with van der Waals surface area (Å²) in [4.78, 5) is 12.9. The summed E-state index contributed by atoms with van der Waals surface area (Å²) >= 11 is 1.37. The largest absolute Gasteiger partial charge is 0.495 e. The third kappa shape index (κ3) is 3.82. The summed E-state index contributed by atoms with van der Waals surface area (Å²) in [7, 11) is 4.78. The molecule has 0 saturated heterocycles. The highest BCUT2D eigenvalue weighted by molar-refractivity contribution is 7.12. The number of carbonyl (C=O) groups is 1. The van der Waals surface area contributed by atoms with Crippen LogP contribution in [0.1, 0.15) is 29.1 Å². The molecule has 0 aliphatic carbocycles. The van der Waals surface area contributed by atoms with Crippen molar-refractivity contribution in [2.24, 2.45) is 0 Å². The number of methoxy groups -OCH3 is 3. The van der Waals surface area contributed by atoms with E-state index in [1.165, 1.54) is 11.3 Å². The van der Waals surface area contributed by atoms with E-state index in [2.05, 4.69) is 19.2 Å². The highest BCUT2D eigenvalue weighted by atomic mass is 32.1. The molecule has 0 atom stereocenters. The summed E-state index contributed by atoms with van der Waals surface area (Å²) in [5.41, 5.74) is 0.790. The molecule has 0 aliphatic rings. The lowest BCUT2D eigenvalue weighted by atomic mass is 9.84. The van der Waals surface area contributed by atoms with Gasteiger partial charge in [0.05, 0.1) is 21.3 Å². The standard InChI is InChI=1S/C18H23NO4S/c1-18(2,12-6-7-13(21-3)15(10-12)23-5)11-19-17(20)16-14(22-4)8-9-24-16/h6-10H,11H2,1-5H3,(H,19,20). The SMILES string of the molecule is COc1ccc(C(C)(C)CNC(=O)c2sccc2OC)cc1OC. The van der Waals surface area contributed by atoms with E-state index in [9.17, 15) is 4.79 Å². The van der Waals surface area contributed by atoms with Crippen molar-refractivity contribution in [2.75, 3.05) is 27.9 Å². The Morgan fingerprint density at radius 3 is 2.33 bits per heavy atom. The molecule has 6 heteroatoms. The third-order valence-corrected chi connectivity index (χ3v) is 4.81. The van der Waals surface area contributed by atoms with Crippen molar-refractivity contribution >= 4 is 17.2 Å². The number of rotatable bonds is 7. The molecule has 130 valence electrons. The Hall–Kier alpha value is -2.21. The highest BCUT2D eigenvalue weighted by Gasteiger charge is 2.24. The van der Waals surface area contributed by atoms with Crippen molar-refractivity contribution in [1.29, 1.82) is 0 Å². The number of benzene rings is 1. The first-order valence-corrected chi connectivity index (χ1v) is 8.43. The maximum absolute atomic E-state index is 12.4. The van der Waals surface area contributed by atoms with Crippen LogP contribution in [0.15, 0.2) is 29.6 Å². The zero-order chi connectivity index (χ0) is 17.7. The molecule has 0 bridgehead atoms. The molecule has 0 saturated carbocycles. The summed E-state index contributed by atoms with van der Waals surface area (Å²) in [5.74, 6) is 1.83. The Balaban J connectivity index is 2.12. The molecule has 0 unspecified atom stereocenters. The molecule has 0 radical (unpaired) electrons. The van der Waals surface area contributed by atoms with Crippen LogP contribution in [0.25, 0.3) is 0 Å². The zero-order valence-corrected chi connectivity index (χ0v) is 15.5. The van der Waals surface area contributed by atoms with Gasteiger partial charge in [-0.2, -0.15) is 0 Å².